The van der Waals surface area contributed by atoms with Gasteiger partial charge in [-0.15, -0.1) is 0 Å². The van der Waals surface area contributed by atoms with Crippen LogP contribution in [0, 0.1) is 5.41 Å². The van der Waals surface area contributed by atoms with Crippen molar-refractivity contribution >= 4 is 5.90 Å². The largest absolute Gasteiger partial charge is 0.482 e. The molecule has 1 aliphatic rings. The van der Waals surface area contributed by atoms with Crippen molar-refractivity contribution in [2.45, 2.75) is 37.7 Å². The number of aliphatic hydroxyl groups is 1. The standard InChI is InChI=1S/C8H15NO2/c1-11-7(9)8(10)5-3-2-4-6-8/h9-10H,2-6H2,1H3. The SMILES string of the molecule is COC(=N)C1(O)CCCCC1. The van der Waals surface area contributed by atoms with Crippen LogP contribution in [0.4, 0.5) is 0 Å². The van der Waals surface area contributed by atoms with Crippen LogP contribution in [0.15, 0.2) is 0 Å². The zero-order valence-corrected chi connectivity index (χ0v) is 6.89. The Morgan fingerprint density at radius 3 is 2.36 bits per heavy atom. The van der Waals surface area contributed by atoms with Gasteiger partial charge in [-0.25, -0.2) is 0 Å². The molecule has 3 nitrogen and oxygen atoms in total. The molecule has 0 atom stereocenters. The van der Waals surface area contributed by atoms with Gasteiger partial charge in [0, 0.05) is 0 Å². The highest BCUT2D eigenvalue weighted by Gasteiger charge is 2.34. The molecule has 0 bridgehead atoms. The first-order valence-electron chi connectivity index (χ1n) is 4.04. The minimum Gasteiger partial charge on any atom is -0.482 e. The zero-order chi connectivity index (χ0) is 8.32. The summed E-state index contributed by atoms with van der Waals surface area (Å²) in [5.41, 5.74) is -0.951. The Balaban J connectivity index is 2.56. The van der Waals surface area contributed by atoms with Gasteiger partial charge in [0.1, 0.15) is 5.60 Å². The van der Waals surface area contributed by atoms with Crippen molar-refractivity contribution in [2.24, 2.45) is 0 Å². The average molecular weight is 157 g/mol. The summed E-state index contributed by atoms with van der Waals surface area (Å²) < 4.78 is 4.73. The van der Waals surface area contributed by atoms with E-state index >= 15 is 0 Å². The molecule has 0 heterocycles. The molecule has 0 aromatic heterocycles. The second-order valence-electron chi connectivity index (χ2n) is 3.13. The Morgan fingerprint density at radius 2 is 1.91 bits per heavy atom. The summed E-state index contributed by atoms with van der Waals surface area (Å²) in [6.07, 6.45) is 4.53. The lowest BCUT2D eigenvalue weighted by molar-refractivity contribution is 0.0476. The van der Waals surface area contributed by atoms with Crippen molar-refractivity contribution in [1.29, 1.82) is 5.41 Å². The summed E-state index contributed by atoms with van der Waals surface area (Å²) in [5, 5.41) is 17.1. The minimum absolute atomic E-state index is 0.0252. The Labute approximate surface area is 66.9 Å². The van der Waals surface area contributed by atoms with Crippen LogP contribution in [0.1, 0.15) is 32.1 Å². The van der Waals surface area contributed by atoms with Gasteiger partial charge in [0.05, 0.1) is 7.11 Å². The van der Waals surface area contributed by atoms with E-state index in [1.165, 1.54) is 13.5 Å². The first-order chi connectivity index (χ1) is 5.19. The lowest BCUT2D eigenvalue weighted by Crippen LogP contribution is -2.40. The molecular weight excluding hydrogens is 142 g/mol. The van der Waals surface area contributed by atoms with Crippen LogP contribution >= 0.6 is 0 Å². The van der Waals surface area contributed by atoms with Crippen molar-refractivity contribution in [3.8, 4) is 0 Å². The lowest BCUT2D eigenvalue weighted by Gasteiger charge is -2.30. The predicted molar refractivity (Wildman–Crippen MR) is 42.8 cm³/mol. The molecule has 11 heavy (non-hydrogen) atoms. The van der Waals surface area contributed by atoms with E-state index < -0.39 is 5.60 Å². The monoisotopic (exact) mass is 157 g/mol. The summed E-state index contributed by atoms with van der Waals surface area (Å²) in [7, 11) is 1.44. The Kier molecular flexibility index (Phi) is 2.49. The fraction of sp³-hybridized carbons (Fsp3) is 0.875. The van der Waals surface area contributed by atoms with Gasteiger partial charge in [0.15, 0.2) is 0 Å². The minimum atomic E-state index is -0.951. The van der Waals surface area contributed by atoms with Crippen LogP contribution < -0.4 is 0 Å². The molecule has 64 valence electrons. The highest BCUT2D eigenvalue weighted by atomic mass is 16.5. The van der Waals surface area contributed by atoms with Crippen LogP contribution in [0.2, 0.25) is 0 Å². The van der Waals surface area contributed by atoms with Gasteiger partial charge in [-0.3, -0.25) is 5.41 Å². The molecular formula is C8H15NO2. The molecule has 0 amide bonds. The van der Waals surface area contributed by atoms with Crippen molar-refractivity contribution in [3.05, 3.63) is 0 Å². The molecule has 1 saturated carbocycles. The second kappa shape index (κ2) is 3.22. The quantitative estimate of drug-likeness (QED) is 0.445. The molecule has 2 N–H and O–H groups in total. The maximum Gasteiger partial charge on any atom is 0.213 e. The maximum atomic E-state index is 9.79. The smallest absolute Gasteiger partial charge is 0.213 e. The predicted octanol–water partition coefficient (Wildman–Crippen LogP) is 1.31. The molecule has 1 aliphatic carbocycles. The summed E-state index contributed by atoms with van der Waals surface area (Å²) in [4.78, 5) is 0. The van der Waals surface area contributed by atoms with Crippen LogP contribution in [-0.4, -0.2) is 23.7 Å². The van der Waals surface area contributed by atoms with E-state index in [1.807, 2.05) is 0 Å². The lowest BCUT2D eigenvalue weighted by atomic mass is 9.85. The molecule has 0 aromatic rings. The molecule has 1 fully saturated rings. The Bertz CT molecular complexity index is 150. The van der Waals surface area contributed by atoms with E-state index in [0.717, 1.165) is 12.8 Å². The van der Waals surface area contributed by atoms with E-state index in [0.29, 0.717) is 12.8 Å². The average Bonchev–Trinajstić information content (AvgIpc) is 2.04. The van der Waals surface area contributed by atoms with Crippen molar-refractivity contribution in [2.75, 3.05) is 7.11 Å². The number of hydrogen-bond donors (Lipinski definition) is 2. The van der Waals surface area contributed by atoms with E-state index in [-0.39, 0.29) is 5.90 Å². The summed E-state index contributed by atoms with van der Waals surface area (Å²) in [6, 6.07) is 0. The fourth-order valence-corrected chi connectivity index (χ4v) is 1.55. The zero-order valence-electron chi connectivity index (χ0n) is 6.89. The summed E-state index contributed by atoms with van der Waals surface area (Å²) in [5.74, 6) is 0.0252. The van der Waals surface area contributed by atoms with E-state index in [9.17, 15) is 5.11 Å². The van der Waals surface area contributed by atoms with Crippen LogP contribution in [0.25, 0.3) is 0 Å². The van der Waals surface area contributed by atoms with Gasteiger partial charge < -0.3 is 9.84 Å². The van der Waals surface area contributed by atoms with Crippen molar-refractivity contribution in [1.82, 2.24) is 0 Å². The van der Waals surface area contributed by atoms with Gasteiger partial charge >= 0.3 is 0 Å². The molecule has 0 radical (unpaired) electrons. The number of nitrogens with one attached hydrogen (secondary N) is 1. The van der Waals surface area contributed by atoms with Crippen molar-refractivity contribution in [3.63, 3.8) is 0 Å². The second-order valence-corrected chi connectivity index (χ2v) is 3.13. The molecule has 0 spiro atoms. The van der Waals surface area contributed by atoms with E-state index in [4.69, 9.17) is 10.1 Å². The fourth-order valence-electron chi connectivity index (χ4n) is 1.55. The molecule has 0 aromatic carbocycles. The van der Waals surface area contributed by atoms with E-state index in [1.54, 1.807) is 0 Å². The van der Waals surface area contributed by atoms with Crippen LogP contribution in [-0.2, 0) is 4.74 Å². The Hall–Kier alpha value is -0.570. The van der Waals surface area contributed by atoms with Crippen LogP contribution in [0.5, 0.6) is 0 Å². The third-order valence-corrected chi connectivity index (χ3v) is 2.31. The van der Waals surface area contributed by atoms with Crippen molar-refractivity contribution < 1.29 is 9.84 Å². The molecule has 0 unspecified atom stereocenters. The number of hydrogen-bond acceptors (Lipinski definition) is 3. The maximum absolute atomic E-state index is 9.79. The Morgan fingerprint density at radius 1 is 1.36 bits per heavy atom. The van der Waals surface area contributed by atoms with Gasteiger partial charge in [0.25, 0.3) is 0 Å². The van der Waals surface area contributed by atoms with Gasteiger partial charge in [-0.1, -0.05) is 19.3 Å². The molecule has 0 saturated heterocycles. The number of rotatable bonds is 1. The van der Waals surface area contributed by atoms with E-state index in [2.05, 4.69) is 0 Å². The molecule has 0 aliphatic heterocycles. The molecule has 1 rings (SSSR count). The van der Waals surface area contributed by atoms with Gasteiger partial charge in [-0.05, 0) is 12.8 Å². The van der Waals surface area contributed by atoms with Gasteiger partial charge in [-0.2, -0.15) is 0 Å². The topological polar surface area (TPSA) is 53.3 Å². The molecule has 3 heteroatoms. The third kappa shape index (κ3) is 1.71. The highest BCUT2D eigenvalue weighted by molar-refractivity contribution is 5.81. The third-order valence-electron chi connectivity index (χ3n) is 2.31. The van der Waals surface area contributed by atoms with Gasteiger partial charge in [0.2, 0.25) is 5.90 Å². The van der Waals surface area contributed by atoms with Crippen LogP contribution in [0.3, 0.4) is 0 Å². The first-order valence-corrected chi connectivity index (χ1v) is 4.04. The summed E-state index contributed by atoms with van der Waals surface area (Å²) in [6.45, 7) is 0. The highest BCUT2D eigenvalue weighted by Crippen LogP contribution is 2.28. The first kappa shape index (κ1) is 8.53. The normalized spacial score (nSPS) is 22.7. The number of methoxy groups -OCH3 is 1. The number of ether oxygens (including phenoxy) is 1. The summed E-state index contributed by atoms with van der Waals surface area (Å²) >= 11 is 0.